The molecule has 1 saturated heterocycles. The third kappa shape index (κ3) is 4.35. The lowest BCUT2D eigenvalue weighted by Gasteiger charge is -2.26. The molecule has 1 heterocycles. The van der Waals surface area contributed by atoms with Gasteiger partial charge in [0.15, 0.2) is 5.75 Å². The van der Waals surface area contributed by atoms with Crippen LogP contribution in [0, 0.1) is 0 Å². The van der Waals surface area contributed by atoms with Crippen LogP contribution in [-0.4, -0.2) is 50.4 Å². The molecule has 0 saturated carbocycles. The summed E-state index contributed by atoms with van der Waals surface area (Å²) in [5.41, 5.74) is -1.56. The molecule has 3 N–H and O–H groups in total. The summed E-state index contributed by atoms with van der Waals surface area (Å²) in [6, 6.07) is 2.41. The van der Waals surface area contributed by atoms with Crippen molar-refractivity contribution in [1.29, 1.82) is 0 Å². The molecule has 0 radical (unpaired) electrons. The van der Waals surface area contributed by atoms with E-state index in [1.807, 2.05) is 6.92 Å². The number of halogens is 1. The van der Waals surface area contributed by atoms with Crippen LogP contribution in [0.15, 0.2) is 26.6 Å². The van der Waals surface area contributed by atoms with Gasteiger partial charge in [-0.15, -0.1) is 0 Å². The topological polar surface area (TPSA) is 134 Å². The number of phenols is 1. The minimum atomic E-state index is -4.29. The van der Waals surface area contributed by atoms with Crippen molar-refractivity contribution in [2.24, 2.45) is 0 Å². The molecule has 0 unspecified atom stereocenters. The van der Waals surface area contributed by atoms with Crippen molar-refractivity contribution in [3.8, 4) is 5.75 Å². The number of ether oxygens (including phenoxy) is 1. The number of phenolic OH excluding ortho intramolecular Hbond substituents is 1. The van der Waals surface area contributed by atoms with Gasteiger partial charge in [0, 0.05) is 13.2 Å². The lowest BCUT2D eigenvalue weighted by Crippen LogP contribution is -2.42. The molecule has 32 heavy (non-hydrogen) atoms. The van der Waals surface area contributed by atoms with Crippen LogP contribution in [0.4, 0.5) is 17.1 Å². The molecule has 2 atom stereocenters. The van der Waals surface area contributed by atoms with Crippen molar-refractivity contribution in [3.63, 3.8) is 0 Å². The largest absolute Gasteiger partial charge is 0.504 e. The van der Waals surface area contributed by atoms with E-state index in [0.29, 0.717) is 17.5 Å². The van der Waals surface area contributed by atoms with Crippen molar-refractivity contribution < 1.29 is 23.1 Å². The highest BCUT2D eigenvalue weighted by Crippen LogP contribution is 2.40. The van der Waals surface area contributed by atoms with Crippen LogP contribution in [0.2, 0.25) is 5.02 Å². The number of hydrogen-bond acceptors (Lipinski definition) is 9. The highest BCUT2D eigenvalue weighted by molar-refractivity contribution is 7.89. The molecule has 0 spiro atoms. The summed E-state index contributed by atoms with van der Waals surface area (Å²) in [5, 5.41) is 16.2. The molecule has 0 amide bonds. The summed E-state index contributed by atoms with van der Waals surface area (Å²) in [6.07, 6.45) is 2.36. The molecule has 0 aromatic heterocycles. The molecule has 176 valence electrons. The van der Waals surface area contributed by atoms with Gasteiger partial charge < -0.3 is 20.5 Å². The first-order valence-electron chi connectivity index (χ1n) is 10.2. The van der Waals surface area contributed by atoms with Crippen molar-refractivity contribution in [3.05, 3.63) is 37.6 Å². The van der Waals surface area contributed by atoms with Crippen LogP contribution in [0.25, 0.3) is 0 Å². The van der Waals surface area contributed by atoms with E-state index in [9.17, 15) is 23.1 Å². The molecule has 0 aliphatic carbocycles. The summed E-state index contributed by atoms with van der Waals surface area (Å²) < 4.78 is 32.0. The number of sulfonamides is 1. The maximum Gasteiger partial charge on any atom is 0.270 e. The molecule has 1 aliphatic heterocycles. The number of rotatable bonds is 10. The summed E-state index contributed by atoms with van der Waals surface area (Å²) in [5.74, 6) is -0.696. The van der Waals surface area contributed by atoms with E-state index in [0.717, 1.165) is 12.8 Å². The first kappa shape index (κ1) is 24.5. The lowest BCUT2D eigenvalue weighted by atomic mass is 10.0. The van der Waals surface area contributed by atoms with Crippen LogP contribution in [0.1, 0.15) is 33.1 Å². The number of nitrogens with one attached hydrogen (secondary N) is 2. The van der Waals surface area contributed by atoms with Gasteiger partial charge in [-0.05, 0) is 38.3 Å². The highest BCUT2D eigenvalue weighted by atomic mass is 35.5. The average molecular weight is 488 g/mol. The fraction of sp³-hybridized carbons (Fsp3) is 0.500. The maximum absolute atomic E-state index is 12.8. The highest BCUT2D eigenvalue weighted by Gasteiger charge is 2.33. The smallest absolute Gasteiger partial charge is 0.270 e. The summed E-state index contributed by atoms with van der Waals surface area (Å²) in [6.45, 7) is 4.11. The number of hydroxylamine groups is 1. The van der Waals surface area contributed by atoms with Crippen LogP contribution in [-0.2, 0) is 19.6 Å². The van der Waals surface area contributed by atoms with Gasteiger partial charge in [0.2, 0.25) is 0 Å². The Balaban J connectivity index is 1.95. The third-order valence-electron chi connectivity index (χ3n) is 5.42. The van der Waals surface area contributed by atoms with E-state index in [-0.39, 0.29) is 40.8 Å². The molecule has 2 aromatic carbocycles. The molecule has 1 aliphatic rings. The number of hydrogen-bond donors (Lipinski definition) is 3. The zero-order chi connectivity index (χ0) is 23.6. The Morgan fingerprint density at radius 2 is 1.97 bits per heavy atom. The molecule has 10 nitrogen and oxygen atoms in total. The number of nitrogens with zero attached hydrogens (tertiary/aromatic N) is 1. The molecule has 2 aromatic rings. The fourth-order valence-electron chi connectivity index (χ4n) is 3.74. The monoisotopic (exact) mass is 487 g/mol. The lowest BCUT2D eigenvalue weighted by molar-refractivity contribution is -0.0443. The minimum Gasteiger partial charge on any atom is -0.504 e. The molecular weight excluding hydrogens is 462 g/mol. The molecule has 1 fully saturated rings. The van der Waals surface area contributed by atoms with Gasteiger partial charge >= 0.3 is 0 Å². The number of anilines is 3. The maximum atomic E-state index is 12.8. The third-order valence-corrected chi connectivity index (χ3v) is 7.72. The Kier molecular flexibility index (Phi) is 7.46. The zero-order valence-electron chi connectivity index (χ0n) is 18.0. The molecular formula is C20H26ClN3O7S. The second-order valence-electron chi connectivity index (χ2n) is 7.32. The van der Waals surface area contributed by atoms with Crippen molar-refractivity contribution in [2.45, 2.75) is 50.2 Å². The first-order valence-corrected chi connectivity index (χ1v) is 12.1. The van der Waals surface area contributed by atoms with Crippen LogP contribution < -0.4 is 21.5 Å². The summed E-state index contributed by atoms with van der Waals surface area (Å²) in [4.78, 5) is 28.7. The van der Waals surface area contributed by atoms with Crippen molar-refractivity contribution in [1.82, 2.24) is 4.47 Å². The number of aromatic hydroxyl groups is 1. The van der Waals surface area contributed by atoms with Gasteiger partial charge in [0.05, 0.1) is 30.0 Å². The summed E-state index contributed by atoms with van der Waals surface area (Å²) in [7, 11) is -3.12. The van der Waals surface area contributed by atoms with Gasteiger partial charge in [-0.2, -0.15) is 0 Å². The predicted octanol–water partition coefficient (Wildman–Crippen LogP) is 2.33. The van der Waals surface area contributed by atoms with E-state index < -0.39 is 31.5 Å². The van der Waals surface area contributed by atoms with Crippen LogP contribution in [0.3, 0.4) is 0 Å². The number of benzene rings is 1. The minimum absolute atomic E-state index is 0.0277. The Hall–Kier alpha value is -2.18. The SMILES string of the molecule is CC[C@@H](Nc1c(Nc2ccc(Cl)c(S(=O)(=O)N(CC)OC)c2O)c(=O)c1=O)[C@H]1CCCO1. The standard InChI is InChI=1S/C20H26ClN3O7S/c1-4-12(14-7-6-10-31-14)22-15-16(19(27)18(15)26)23-13-9-8-11(21)20(17(13)25)32(28,29)24(5-2)30-3/h8-9,12,14,22-23,25H,4-7,10H2,1-3H3/t12-,14-/m1/s1. The second-order valence-corrected chi connectivity index (χ2v) is 9.50. The fourth-order valence-corrected chi connectivity index (χ4v) is 5.59. The molecule has 3 rings (SSSR count). The normalized spacial score (nSPS) is 17.7. The van der Waals surface area contributed by atoms with Gasteiger partial charge in [-0.3, -0.25) is 14.4 Å². The second kappa shape index (κ2) is 9.75. The first-order chi connectivity index (χ1) is 15.2. The van der Waals surface area contributed by atoms with Gasteiger partial charge in [-0.1, -0.05) is 23.0 Å². The quantitative estimate of drug-likeness (QED) is 0.262. The zero-order valence-corrected chi connectivity index (χ0v) is 19.5. The van der Waals surface area contributed by atoms with E-state index in [2.05, 4.69) is 10.6 Å². The average Bonchev–Trinajstić information content (AvgIpc) is 3.29. The predicted molar refractivity (Wildman–Crippen MR) is 121 cm³/mol. The van der Waals surface area contributed by atoms with E-state index in [1.54, 1.807) is 6.92 Å². The van der Waals surface area contributed by atoms with Gasteiger partial charge in [0.1, 0.15) is 16.3 Å². The van der Waals surface area contributed by atoms with Gasteiger partial charge in [0.25, 0.3) is 20.9 Å². The van der Waals surface area contributed by atoms with E-state index in [1.165, 1.54) is 19.2 Å². The molecule has 12 heteroatoms. The Morgan fingerprint density at radius 3 is 2.53 bits per heavy atom. The van der Waals surface area contributed by atoms with E-state index in [4.69, 9.17) is 21.2 Å². The van der Waals surface area contributed by atoms with E-state index >= 15 is 0 Å². The molecule has 0 bridgehead atoms. The van der Waals surface area contributed by atoms with Crippen LogP contribution in [0.5, 0.6) is 5.75 Å². The Bertz CT molecular complexity index is 1150. The van der Waals surface area contributed by atoms with Gasteiger partial charge in [-0.25, -0.2) is 8.42 Å². The van der Waals surface area contributed by atoms with Crippen molar-refractivity contribution >= 4 is 38.7 Å². The Labute approximate surface area is 190 Å². The Morgan fingerprint density at radius 1 is 1.28 bits per heavy atom. The van der Waals surface area contributed by atoms with Crippen LogP contribution >= 0.6 is 11.6 Å². The van der Waals surface area contributed by atoms with Crippen molar-refractivity contribution in [2.75, 3.05) is 30.9 Å². The summed E-state index contributed by atoms with van der Waals surface area (Å²) >= 11 is 6.06.